The summed E-state index contributed by atoms with van der Waals surface area (Å²) in [6.07, 6.45) is 4.68. The molecule has 33 heavy (non-hydrogen) atoms. The highest BCUT2D eigenvalue weighted by Crippen LogP contribution is 2.25. The molecule has 7 nitrogen and oxygen atoms in total. The zero-order valence-electron chi connectivity index (χ0n) is 18.2. The molecule has 0 unspecified atom stereocenters. The fourth-order valence-corrected chi connectivity index (χ4v) is 3.84. The molecule has 4 aromatic rings. The third kappa shape index (κ3) is 5.01. The van der Waals surface area contributed by atoms with Gasteiger partial charge in [0.15, 0.2) is 0 Å². The first-order valence-electron chi connectivity index (χ1n) is 10.8. The first kappa shape index (κ1) is 22.4. The Bertz CT molecular complexity index is 1310. The quantitative estimate of drug-likeness (QED) is 0.434. The van der Waals surface area contributed by atoms with Crippen LogP contribution >= 0.6 is 0 Å². The van der Waals surface area contributed by atoms with E-state index in [9.17, 15) is 19.1 Å². The van der Waals surface area contributed by atoms with Gasteiger partial charge in [0.25, 0.3) is 5.56 Å². The molecule has 0 radical (unpaired) electrons. The molecule has 170 valence electrons. The van der Waals surface area contributed by atoms with Crippen LogP contribution in [0.2, 0.25) is 0 Å². The summed E-state index contributed by atoms with van der Waals surface area (Å²) in [5.41, 5.74) is 2.26. The number of aliphatic hydroxyl groups is 1. The molecular weight excluding hydrogens is 423 g/mol. The van der Waals surface area contributed by atoms with Crippen LogP contribution in [0.1, 0.15) is 24.5 Å². The summed E-state index contributed by atoms with van der Waals surface area (Å²) in [6.45, 7) is 1.37. The molecule has 4 rings (SSSR count). The monoisotopic (exact) mass is 448 g/mol. The highest BCUT2D eigenvalue weighted by Gasteiger charge is 2.19. The Kier molecular flexibility index (Phi) is 6.65. The number of nitrogens with zero attached hydrogens (tertiary/aromatic N) is 3. The van der Waals surface area contributed by atoms with E-state index in [1.807, 2.05) is 37.3 Å². The number of carbonyl (C=O) groups is 1. The topological polar surface area (TPSA) is 88.6 Å². The van der Waals surface area contributed by atoms with Gasteiger partial charge in [0, 0.05) is 29.6 Å². The zero-order chi connectivity index (χ0) is 23.4. The van der Waals surface area contributed by atoms with Gasteiger partial charge in [-0.05, 0) is 49.6 Å². The molecule has 2 heterocycles. The Morgan fingerprint density at radius 3 is 2.55 bits per heavy atom. The van der Waals surface area contributed by atoms with Gasteiger partial charge in [0.1, 0.15) is 17.9 Å². The van der Waals surface area contributed by atoms with Gasteiger partial charge in [0.2, 0.25) is 5.91 Å². The van der Waals surface area contributed by atoms with Crippen LogP contribution in [0.3, 0.4) is 0 Å². The summed E-state index contributed by atoms with van der Waals surface area (Å²) in [5.74, 6) is -0.662. The van der Waals surface area contributed by atoms with E-state index in [2.05, 4.69) is 10.4 Å². The number of halogens is 1. The molecule has 0 aliphatic carbocycles. The summed E-state index contributed by atoms with van der Waals surface area (Å²) in [4.78, 5) is 25.6. The van der Waals surface area contributed by atoms with Gasteiger partial charge in [-0.3, -0.25) is 9.59 Å². The Balaban J connectivity index is 1.51. The second-order valence-electron chi connectivity index (χ2n) is 8.01. The smallest absolute Gasteiger partial charge is 0.277 e. The minimum absolute atomic E-state index is 0.0508. The first-order valence-corrected chi connectivity index (χ1v) is 10.8. The lowest BCUT2D eigenvalue weighted by Crippen LogP contribution is -2.37. The maximum absolute atomic E-state index is 13.3. The van der Waals surface area contributed by atoms with Crippen molar-refractivity contribution in [2.24, 2.45) is 0 Å². The lowest BCUT2D eigenvalue weighted by molar-refractivity contribution is -0.122. The van der Waals surface area contributed by atoms with Crippen molar-refractivity contribution >= 4 is 11.4 Å². The summed E-state index contributed by atoms with van der Waals surface area (Å²) < 4.78 is 16.0. The highest BCUT2D eigenvalue weighted by atomic mass is 19.1. The fraction of sp³-hybridized carbons (Fsp3) is 0.240. The Hall–Kier alpha value is -3.78. The van der Waals surface area contributed by atoms with Gasteiger partial charge in [0.05, 0.1) is 12.3 Å². The van der Waals surface area contributed by atoms with E-state index in [0.717, 1.165) is 12.8 Å². The number of carbonyl (C=O) groups excluding carboxylic acids is 1. The number of nitrogens with one attached hydrogen (secondary N) is 1. The lowest BCUT2D eigenvalue weighted by atomic mass is 10.1. The van der Waals surface area contributed by atoms with Crippen LogP contribution in [-0.4, -0.2) is 31.2 Å². The summed E-state index contributed by atoms with van der Waals surface area (Å²) in [5, 5.41) is 17.3. The van der Waals surface area contributed by atoms with Crippen molar-refractivity contribution in [2.75, 3.05) is 0 Å². The predicted octanol–water partition coefficient (Wildman–Crippen LogP) is 2.93. The van der Waals surface area contributed by atoms with Crippen molar-refractivity contribution in [3.63, 3.8) is 0 Å². The van der Waals surface area contributed by atoms with Gasteiger partial charge in [-0.25, -0.2) is 8.91 Å². The zero-order valence-corrected chi connectivity index (χ0v) is 18.2. The average Bonchev–Trinajstić information content (AvgIpc) is 3.20. The molecule has 0 saturated heterocycles. The molecule has 2 N–H and O–H groups in total. The minimum atomic E-state index is -0.436. The molecule has 0 aliphatic rings. The first-order chi connectivity index (χ1) is 16.0. The van der Waals surface area contributed by atoms with E-state index in [-0.39, 0.29) is 29.8 Å². The van der Waals surface area contributed by atoms with E-state index in [1.54, 1.807) is 18.3 Å². The Morgan fingerprint density at radius 2 is 1.85 bits per heavy atom. The number of rotatable bonds is 8. The lowest BCUT2D eigenvalue weighted by Gasteiger charge is -2.14. The van der Waals surface area contributed by atoms with Crippen LogP contribution < -0.4 is 10.9 Å². The number of aryl methyl sites for hydroxylation is 1. The number of amides is 1. The van der Waals surface area contributed by atoms with E-state index in [0.29, 0.717) is 16.8 Å². The summed E-state index contributed by atoms with van der Waals surface area (Å²) in [6, 6.07) is 15.7. The predicted molar refractivity (Wildman–Crippen MR) is 123 cm³/mol. The van der Waals surface area contributed by atoms with Gasteiger partial charge < -0.3 is 15.0 Å². The molecule has 1 atom stereocenters. The molecule has 0 saturated carbocycles. The van der Waals surface area contributed by atoms with Crippen molar-refractivity contribution < 1.29 is 14.3 Å². The molecule has 0 aliphatic heterocycles. The van der Waals surface area contributed by atoms with Gasteiger partial charge in [-0.2, -0.15) is 5.10 Å². The van der Waals surface area contributed by atoms with Gasteiger partial charge >= 0.3 is 0 Å². The third-order valence-electron chi connectivity index (χ3n) is 5.57. The van der Waals surface area contributed by atoms with Crippen LogP contribution in [0.5, 0.6) is 0 Å². The van der Waals surface area contributed by atoms with Crippen LogP contribution in [0, 0.1) is 5.82 Å². The van der Waals surface area contributed by atoms with Crippen molar-refractivity contribution in [1.82, 2.24) is 19.5 Å². The highest BCUT2D eigenvalue weighted by molar-refractivity contribution is 5.76. The maximum Gasteiger partial charge on any atom is 0.277 e. The Labute approximate surface area is 190 Å². The second kappa shape index (κ2) is 9.79. The molecule has 2 aromatic heterocycles. The molecule has 8 heteroatoms. The molecule has 0 spiro atoms. The Morgan fingerprint density at radius 1 is 1.12 bits per heavy atom. The second-order valence-corrected chi connectivity index (χ2v) is 8.01. The number of hydrogen-bond donors (Lipinski definition) is 2. The van der Waals surface area contributed by atoms with Gasteiger partial charge in [-0.15, -0.1) is 0 Å². The van der Waals surface area contributed by atoms with Gasteiger partial charge in [-0.1, -0.05) is 30.3 Å². The third-order valence-corrected chi connectivity index (χ3v) is 5.57. The maximum atomic E-state index is 13.3. The number of aliphatic hydroxyl groups excluding tert-OH is 1. The average molecular weight is 448 g/mol. The number of hydrogen-bond acceptors (Lipinski definition) is 4. The summed E-state index contributed by atoms with van der Waals surface area (Å²) >= 11 is 0. The van der Waals surface area contributed by atoms with E-state index >= 15 is 0 Å². The molecule has 1 amide bonds. The van der Waals surface area contributed by atoms with Crippen LogP contribution in [0.4, 0.5) is 4.39 Å². The van der Waals surface area contributed by atoms with Crippen molar-refractivity contribution in [1.29, 1.82) is 0 Å². The SMILES string of the molecule is C[C@@H](CCc1ccccc1)NC(=O)Cn1ccn2nc(-c3ccc(F)cc3)c(CO)c2c1=O. The fourth-order valence-electron chi connectivity index (χ4n) is 3.84. The molecule has 2 aromatic carbocycles. The van der Waals surface area contributed by atoms with Crippen LogP contribution in [-0.2, 0) is 24.4 Å². The number of fused-ring (bicyclic) bond motifs is 1. The molecule has 0 fully saturated rings. The number of benzene rings is 2. The minimum Gasteiger partial charge on any atom is -0.392 e. The largest absolute Gasteiger partial charge is 0.392 e. The molecule has 0 bridgehead atoms. The van der Waals surface area contributed by atoms with Crippen molar-refractivity contribution in [2.45, 2.75) is 39.0 Å². The van der Waals surface area contributed by atoms with Crippen LogP contribution in [0.25, 0.3) is 16.8 Å². The van der Waals surface area contributed by atoms with E-state index < -0.39 is 12.2 Å². The van der Waals surface area contributed by atoms with E-state index in [1.165, 1.54) is 33.0 Å². The van der Waals surface area contributed by atoms with Crippen LogP contribution in [0.15, 0.2) is 71.8 Å². The standard InChI is InChI=1S/C25H25FN4O3/c1-17(7-8-18-5-3-2-4-6-18)27-22(32)15-29-13-14-30-24(25(29)33)21(16-31)23(28-30)19-9-11-20(26)12-10-19/h2-6,9-14,17,31H,7-8,15-16H2,1H3,(H,27,32)/t17-/m0/s1. The van der Waals surface area contributed by atoms with Crippen molar-refractivity contribution in [3.8, 4) is 11.3 Å². The van der Waals surface area contributed by atoms with Crippen molar-refractivity contribution in [3.05, 3.63) is 94.3 Å². The summed E-state index contributed by atoms with van der Waals surface area (Å²) in [7, 11) is 0. The van der Waals surface area contributed by atoms with E-state index in [4.69, 9.17) is 0 Å². The number of aromatic nitrogens is 3. The normalized spacial score (nSPS) is 12.1. The molecular formula is C25H25FN4O3.